The van der Waals surface area contributed by atoms with Gasteiger partial charge in [0, 0.05) is 6.04 Å². The van der Waals surface area contributed by atoms with Crippen LogP contribution < -0.4 is 5.32 Å². The molecular formula is C16H26N2O2. The first-order chi connectivity index (χ1) is 9.53. The lowest BCUT2D eigenvalue weighted by Gasteiger charge is -2.47. The van der Waals surface area contributed by atoms with Gasteiger partial charge in [0.25, 0.3) is 0 Å². The van der Waals surface area contributed by atoms with Gasteiger partial charge >= 0.3 is 0 Å². The van der Waals surface area contributed by atoms with Crippen molar-refractivity contribution in [3.05, 3.63) is 0 Å². The van der Waals surface area contributed by atoms with Crippen molar-refractivity contribution in [2.45, 2.75) is 70.4 Å². The molecule has 0 bridgehead atoms. The summed E-state index contributed by atoms with van der Waals surface area (Å²) in [6.07, 6.45) is 7.16. The maximum atomic E-state index is 13.0. The van der Waals surface area contributed by atoms with E-state index in [9.17, 15) is 9.59 Å². The Kier molecular flexibility index (Phi) is 3.51. The Hall–Kier alpha value is -1.06. The molecule has 3 fully saturated rings. The van der Waals surface area contributed by atoms with Crippen LogP contribution in [0.25, 0.3) is 0 Å². The lowest BCUT2D eigenvalue weighted by molar-refractivity contribution is -0.154. The zero-order valence-electron chi connectivity index (χ0n) is 12.7. The van der Waals surface area contributed by atoms with Crippen LogP contribution in [0, 0.1) is 11.8 Å². The molecule has 1 saturated heterocycles. The van der Waals surface area contributed by atoms with Crippen molar-refractivity contribution in [2.24, 2.45) is 11.8 Å². The van der Waals surface area contributed by atoms with Gasteiger partial charge < -0.3 is 10.2 Å². The Bertz CT molecular complexity index is 415. The number of nitrogens with one attached hydrogen (secondary N) is 1. The maximum absolute atomic E-state index is 13.0. The molecule has 3 unspecified atom stereocenters. The van der Waals surface area contributed by atoms with Gasteiger partial charge in [0.15, 0.2) is 0 Å². The Labute approximate surface area is 121 Å². The van der Waals surface area contributed by atoms with Crippen LogP contribution in [-0.2, 0) is 9.59 Å². The van der Waals surface area contributed by atoms with Crippen LogP contribution in [0.4, 0.5) is 0 Å². The van der Waals surface area contributed by atoms with Crippen LogP contribution in [0.1, 0.15) is 58.8 Å². The van der Waals surface area contributed by atoms with Crippen molar-refractivity contribution in [3.8, 4) is 0 Å². The molecule has 1 N–H and O–H groups in total. The molecule has 20 heavy (non-hydrogen) atoms. The number of rotatable bonds is 1. The van der Waals surface area contributed by atoms with Gasteiger partial charge in [0.2, 0.25) is 11.8 Å². The molecule has 3 rings (SSSR count). The fraction of sp³-hybridized carbons (Fsp3) is 0.875. The van der Waals surface area contributed by atoms with E-state index in [0.29, 0.717) is 11.8 Å². The molecule has 0 radical (unpaired) electrons. The third kappa shape index (κ3) is 2.13. The number of carbonyl (C=O) groups is 2. The second-order valence-electron chi connectivity index (χ2n) is 7.11. The van der Waals surface area contributed by atoms with Crippen molar-refractivity contribution in [1.29, 1.82) is 0 Å². The highest BCUT2D eigenvalue weighted by Crippen LogP contribution is 2.39. The normalized spacial score (nSPS) is 37.3. The monoisotopic (exact) mass is 278 g/mol. The highest BCUT2D eigenvalue weighted by atomic mass is 16.2. The average Bonchev–Trinajstić information content (AvgIpc) is 2.76. The van der Waals surface area contributed by atoms with E-state index >= 15 is 0 Å². The summed E-state index contributed by atoms with van der Waals surface area (Å²) in [5.74, 6) is 1.39. The summed E-state index contributed by atoms with van der Waals surface area (Å²) < 4.78 is 0. The topological polar surface area (TPSA) is 49.4 Å². The van der Waals surface area contributed by atoms with Crippen LogP contribution in [0.3, 0.4) is 0 Å². The van der Waals surface area contributed by atoms with Gasteiger partial charge in [-0.1, -0.05) is 33.1 Å². The van der Waals surface area contributed by atoms with Gasteiger partial charge in [-0.2, -0.15) is 0 Å². The fourth-order valence-electron chi connectivity index (χ4n) is 4.40. The molecular weight excluding hydrogens is 252 g/mol. The molecule has 0 aromatic heterocycles. The van der Waals surface area contributed by atoms with E-state index in [0.717, 1.165) is 32.1 Å². The molecule has 112 valence electrons. The third-order valence-electron chi connectivity index (χ3n) is 5.89. The lowest BCUT2D eigenvalue weighted by atomic mass is 9.78. The van der Waals surface area contributed by atoms with Gasteiger partial charge in [0.05, 0.1) is 6.54 Å². The highest BCUT2D eigenvalue weighted by Gasteiger charge is 2.50. The van der Waals surface area contributed by atoms with Crippen LogP contribution in [-0.4, -0.2) is 34.8 Å². The predicted molar refractivity (Wildman–Crippen MR) is 77.0 cm³/mol. The minimum absolute atomic E-state index is 0.0400. The van der Waals surface area contributed by atoms with Crippen LogP contribution >= 0.6 is 0 Å². The van der Waals surface area contributed by atoms with Crippen LogP contribution in [0.2, 0.25) is 0 Å². The summed E-state index contributed by atoms with van der Waals surface area (Å²) in [6.45, 7) is 4.76. The second kappa shape index (κ2) is 5.05. The summed E-state index contributed by atoms with van der Waals surface area (Å²) in [5, 5.41) is 3.03. The molecule has 1 heterocycles. The molecule has 0 aromatic rings. The minimum atomic E-state index is -0.570. The van der Waals surface area contributed by atoms with Crippen molar-refractivity contribution in [2.75, 3.05) is 6.54 Å². The molecule has 2 amide bonds. The number of hydrogen-bond acceptors (Lipinski definition) is 2. The average molecular weight is 278 g/mol. The molecule has 4 heteroatoms. The molecule has 3 atom stereocenters. The summed E-state index contributed by atoms with van der Waals surface area (Å²) >= 11 is 0. The van der Waals surface area contributed by atoms with Gasteiger partial charge in [0.1, 0.15) is 5.54 Å². The molecule has 3 aliphatic rings. The van der Waals surface area contributed by atoms with Crippen molar-refractivity contribution >= 4 is 11.8 Å². The standard InChI is InChI=1S/C16H26N2O2/c1-11-6-7-13(12(11)2)18-10-14(19)17-16(15(18)20)8-4-3-5-9-16/h11-13H,3-10H2,1-2H3,(H,17,19). The Morgan fingerprint density at radius 1 is 1.10 bits per heavy atom. The van der Waals surface area contributed by atoms with Gasteiger partial charge in [-0.15, -0.1) is 0 Å². The first kappa shape index (κ1) is 13.9. The Morgan fingerprint density at radius 3 is 2.40 bits per heavy atom. The third-order valence-corrected chi connectivity index (χ3v) is 5.89. The maximum Gasteiger partial charge on any atom is 0.249 e. The fourth-order valence-corrected chi connectivity index (χ4v) is 4.40. The zero-order valence-corrected chi connectivity index (χ0v) is 12.7. The van der Waals surface area contributed by atoms with Gasteiger partial charge in [-0.25, -0.2) is 0 Å². The van der Waals surface area contributed by atoms with Crippen LogP contribution in [0.5, 0.6) is 0 Å². The second-order valence-corrected chi connectivity index (χ2v) is 7.11. The number of piperazine rings is 1. The quantitative estimate of drug-likeness (QED) is 0.798. The number of amides is 2. The van der Waals surface area contributed by atoms with E-state index < -0.39 is 5.54 Å². The van der Waals surface area contributed by atoms with Crippen molar-refractivity contribution in [3.63, 3.8) is 0 Å². The van der Waals surface area contributed by atoms with E-state index in [2.05, 4.69) is 19.2 Å². The molecule has 1 aliphatic heterocycles. The van der Waals surface area contributed by atoms with Gasteiger partial charge in [-0.05, 0) is 37.5 Å². The minimum Gasteiger partial charge on any atom is -0.340 e. The molecule has 2 saturated carbocycles. The number of hydrogen-bond donors (Lipinski definition) is 1. The van der Waals surface area contributed by atoms with Crippen molar-refractivity contribution < 1.29 is 9.59 Å². The lowest BCUT2D eigenvalue weighted by Crippen LogP contribution is -2.69. The van der Waals surface area contributed by atoms with Crippen molar-refractivity contribution in [1.82, 2.24) is 10.2 Å². The Balaban J connectivity index is 1.84. The van der Waals surface area contributed by atoms with E-state index in [1.807, 2.05) is 4.90 Å². The van der Waals surface area contributed by atoms with Gasteiger partial charge in [-0.3, -0.25) is 9.59 Å². The first-order valence-corrected chi connectivity index (χ1v) is 8.15. The zero-order chi connectivity index (χ0) is 14.3. The summed E-state index contributed by atoms with van der Waals surface area (Å²) in [4.78, 5) is 27.0. The van der Waals surface area contributed by atoms with E-state index in [4.69, 9.17) is 0 Å². The largest absolute Gasteiger partial charge is 0.340 e. The van der Waals surface area contributed by atoms with E-state index in [1.165, 1.54) is 12.8 Å². The molecule has 1 spiro atoms. The SMILES string of the molecule is CC1CCC(N2CC(=O)NC3(CCCCC3)C2=O)C1C. The molecule has 4 nitrogen and oxygen atoms in total. The Morgan fingerprint density at radius 2 is 1.80 bits per heavy atom. The summed E-state index contributed by atoms with van der Waals surface area (Å²) in [6, 6.07) is 0.266. The van der Waals surface area contributed by atoms with Crippen LogP contribution in [0.15, 0.2) is 0 Å². The molecule has 0 aromatic carbocycles. The predicted octanol–water partition coefficient (Wildman–Crippen LogP) is 2.08. The molecule has 2 aliphatic carbocycles. The highest BCUT2D eigenvalue weighted by molar-refractivity contribution is 5.98. The van der Waals surface area contributed by atoms with E-state index in [-0.39, 0.29) is 24.4 Å². The smallest absolute Gasteiger partial charge is 0.249 e. The summed E-state index contributed by atoms with van der Waals surface area (Å²) in [5.41, 5.74) is -0.570. The number of nitrogens with zero attached hydrogens (tertiary/aromatic N) is 1. The first-order valence-electron chi connectivity index (χ1n) is 8.15. The number of carbonyl (C=O) groups excluding carboxylic acids is 2. The summed E-state index contributed by atoms with van der Waals surface area (Å²) in [7, 11) is 0. The van der Waals surface area contributed by atoms with E-state index in [1.54, 1.807) is 0 Å².